The monoisotopic (exact) mass is 385 g/mol. The number of benzene rings is 2. The van der Waals surface area contributed by atoms with Gasteiger partial charge in [-0.15, -0.1) is 0 Å². The van der Waals surface area contributed by atoms with E-state index in [1.165, 1.54) is 19.1 Å². The predicted molar refractivity (Wildman–Crippen MR) is 87.5 cm³/mol. The first kappa shape index (κ1) is 18.8. The van der Waals surface area contributed by atoms with Crippen molar-refractivity contribution >= 4 is 5.69 Å². The number of hydrogen-bond acceptors (Lipinski definition) is 2. The lowest BCUT2D eigenvalue weighted by Gasteiger charge is -2.20. The second kappa shape index (κ2) is 6.98. The molecule has 0 saturated heterocycles. The van der Waals surface area contributed by atoms with Gasteiger partial charge in [0.25, 0.3) is 0 Å². The molecule has 3 nitrogen and oxygen atoms in total. The van der Waals surface area contributed by atoms with Crippen LogP contribution < -0.4 is 5.32 Å². The lowest BCUT2D eigenvalue weighted by Crippen LogP contribution is -2.26. The molecule has 0 aliphatic heterocycles. The van der Waals surface area contributed by atoms with Crippen molar-refractivity contribution in [1.82, 2.24) is 9.78 Å². The van der Waals surface area contributed by atoms with Crippen LogP contribution in [-0.4, -0.2) is 9.78 Å². The van der Waals surface area contributed by atoms with E-state index in [4.69, 9.17) is 0 Å². The second-order valence-electron chi connectivity index (χ2n) is 5.76. The quantitative estimate of drug-likeness (QED) is 0.452. The van der Waals surface area contributed by atoms with Crippen LogP contribution in [-0.2, 0) is 6.05 Å². The summed E-state index contributed by atoms with van der Waals surface area (Å²) >= 11 is 0. The molecule has 0 atom stereocenters. The summed E-state index contributed by atoms with van der Waals surface area (Å²) in [6.45, 7) is -1.47. The van der Waals surface area contributed by atoms with Gasteiger partial charge in [0, 0.05) is 23.0 Å². The minimum atomic E-state index is -3.78. The average molecular weight is 385 g/mol. The Morgan fingerprint density at radius 1 is 1.00 bits per heavy atom. The molecule has 3 aromatic rings. The van der Waals surface area contributed by atoms with Gasteiger partial charge in [-0.1, -0.05) is 12.1 Å². The van der Waals surface area contributed by atoms with E-state index in [0.29, 0.717) is 4.68 Å². The van der Waals surface area contributed by atoms with E-state index >= 15 is 0 Å². The molecular weight excluding hydrogens is 372 g/mol. The Labute approximate surface area is 150 Å². The molecule has 1 aromatic heterocycles. The first-order valence-electron chi connectivity index (χ1n) is 7.74. The van der Waals surface area contributed by atoms with Crippen LogP contribution in [0.1, 0.15) is 17.8 Å². The molecule has 0 unspecified atom stereocenters. The van der Waals surface area contributed by atoms with Gasteiger partial charge in [-0.05, 0) is 37.3 Å². The number of nitrogens with zero attached hydrogens (tertiary/aromatic N) is 2. The van der Waals surface area contributed by atoms with Gasteiger partial charge in [0.2, 0.25) is 0 Å². The fourth-order valence-corrected chi connectivity index (χ4v) is 2.62. The van der Waals surface area contributed by atoms with Crippen LogP contribution in [0.15, 0.2) is 48.7 Å². The van der Waals surface area contributed by atoms with Crippen LogP contribution >= 0.6 is 0 Å². The van der Waals surface area contributed by atoms with Crippen LogP contribution in [0.2, 0.25) is 0 Å². The minimum absolute atomic E-state index is 0.0702. The maximum atomic E-state index is 14.4. The molecule has 2 aromatic carbocycles. The number of anilines is 1. The first-order valence-corrected chi connectivity index (χ1v) is 7.74. The number of rotatable bonds is 5. The highest BCUT2D eigenvalue weighted by molar-refractivity contribution is 5.68. The summed E-state index contributed by atoms with van der Waals surface area (Å²) in [5, 5.41) is 5.36. The fourth-order valence-electron chi connectivity index (χ4n) is 2.62. The summed E-state index contributed by atoms with van der Waals surface area (Å²) in [5.41, 5.74) is -0.988. The number of hydrogen-bond donors (Lipinski definition) is 1. The van der Waals surface area contributed by atoms with Crippen LogP contribution in [0.3, 0.4) is 0 Å². The second-order valence-corrected chi connectivity index (χ2v) is 5.76. The molecule has 0 aliphatic carbocycles. The van der Waals surface area contributed by atoms with E-state index in [2.05, 4.69) is 5.10 Å². The van der Waals surface area contributed by atoms with E-state index in [1.807, 2.05) is 0 Å². The number of nitrogens with one attached hydrogen (secondary N) is 1. The molecule has 0 bridgehead atoms. The van der Waals surface area contributed by atoms with Crippen LogP contribution in [0, 0.1) is 18.6 Å². The largest absolute Gasteiger partial charge is 0.353 e. The average Bonchev–Trinajstić information content (AvgIpc) is 2.97. The van der Waals surface area contributed by atoms with E-state index in [0.717, 1.165) is 36.5 Å². The van der Waals surface area contributed by atoms with Gasteiger partial charge in [0.1, 0.15) is 11.6 Å². The molecule has 3 rings (SSSR count). The minimum Gasteiger partial charge on any atom is -0.323 e. The summed E-state index contributed by atoms with van der Waals surface area (Å²) in [6, 6.07) is 3.62. The molecule has 142 valence electrons. The van der Waals surface area contributed by atoms with Crippen molar-refractivity contribution in [2.24, 2.45) is 0 Å². The van der Waals surface area contributed by atoms with Crippen molar-refractivity contribution < 1.29 is 26.3 Å². The van der Waals surface area contributed by atoms with Gasteiger partial charge in [-0.3, -0.25) is 0 Å². The standard InChI is InChI=1S/C18H13F6N3/c1-10-13(9-27(26-10)17(21)22)12-7-6-11(8-16(12)20)25-18(23,24)14-4-2-3-5-15(14)19/h2-9,17,25H,1H3. The third-order valence-corrected chi connectivity index (χ3v) is 3.89. The maximum absolute atomic E-state index is 14.4. The van der Waals surface area contributed by atoms with Crippen molar-refractivity contribution in [3.8, 4) is 11.1 Å². The Balaban J connectivity index is 1.90. The Hall–Kier alpha value is -2.97. The predicted octanol–water partition coefficient (Wildman–Crippen LogP) is 5.69. The normalized spacial score (nSPS) is 11.9. The summed E-state index contributed by atoms with van der Waals surface area (Å²) < 4.78 is 82.3. The summed E-state index contributed by atoms with van der Waals surface area (Å²) in [6.07, 6.45) is 0.972. The van der Waals surface area contributed by atoms with Crippen molar-refractivity contribution in [1.29, 1.82) is 0 Å². The zero-order valence-corrected chi connectivity index (χ0v) is 13.9. The molecule has 9 heteroatoms. The molecule has 0 aliphatic rings. The van der Waals surface area contributed by atoms with Crippen LogP contribution in [0.5, 0.6) is 0 Å². The topological polar surface area (TPSA) is 29.9 Å². The zero-order valence-electron chi connectivity index (χ0n) is 13.9. The van der Waals surface area contributed by atoms with Gasteiger partial charge in [-0.25, -0.2) is 13.5 Å². The third kappa shape index (κ3) is 3.76. The smallest absolute Gasteiger partial charge is 0.323 e. The Kier molecular flexibility index (Phi) is 4.86. The highest BCUT2D eigenvalue weighted by Gasteiger charge is 2.34. The van der Waals surface area contributed by atoms with Gasteiger partial charge in [0.05, 0.1) is 11.3 Å². The molecule has 0 saturated carbocycles. The van der Waals surface area contributed by atoms with Crippen molar-refractivity contribution in [3.05, 3.63) is 71.6 Å². The number of alkyl halides is 4. The zero-order chi connectivity index (χ0) is 19.8. The van der Waals surface area contributed by atoms with Gasteiger partial charge >= 0.3 is 12.6 Å². The summed E-state index contributed by atoms with van der Waals surface area (Å²) in [4.78, 5) is 0. The lowest BCUT2D eigenvalue weighted by atomic mass is 10.1. The van der Waals surface area contributed by atoms with Crippen molar-refractivity contribution in [2.45, 2.75) is 19.5 Å². The molecule has 1 heterocycles. The van der Waals surface area contributed by atoms with E-state index in [9.17, 15) is 26.3 Å². The number of aryl methyl sites for hydroxylation is 1. The van der Waals surface area contributed by atoms with E-state index in [-0.39, 0.29) is 22.5 Å². The first-order chi connectivity index (χ1) is 12.7. The van der Waals surface area contributed by atoms with Crippen molar-refractivity contribution in [3.63, 3.8) is 0 Å². The molecule has 0 radical (unpaired) electrons. The molecule has 0 fully saturated rings. The van der Waals surface area contributed by atoms with Crippen LogP contribution in [0.25, 0.3) is 11.1 Å². The summed E-state index contributed by atoms with van der Waals surface area (Å²) in [5.74, 6) is -2.02. The molecular formula is C18H13F6N3. The number of aromatic nitrogens is 2. The molecule has 1 N–H and O–H groups in total. The molecule has 0 amide bonds. The Bertz CT molecular complexity index is 967. The van der Waals surface area contributed by atoms with Gasteiger partial charge < -0.3 is 5.32 Å². The molecule has 27 heavy (non-hydrogen) atoms. The van der Waals surface area contributed by atoms with Gasteiger partial charge in [-0.2, -0.15) is 22.7 Å². The van der Waals surface area contributed by atoms with E-state index < -0.39 is 29.8 Å². The highest BCUT2D eigenvalue weighted by atomic mass is 19.3. The number of halogens is 6. The summed E-state index contributed by atoms with van der Waals surface area (Å²) in [7, 11) is 0. The van der Waals surface area contributed by atoms with Gasteiger partial charge in [0.15, 0.2) is 0 Å². The Morgan fingerprint density at radius 3 is 2.30 bits per heavy atom. The molecule has 0 spiro atoms. The highest BCUT2D eigenvalue weighted by Crippen LogP contribution is 2.34. The SMILES string of the molecule is Cc1nn(C(F)F)cc1-c1ccc(NC(F)(F)c2ccccc2F)cc1F. The lowest BCUT2D eigenvalue weighted by molar-refractivity contribution is 0.0246. The Morgan fingerprint density at radius 2 is 1.70 bits per heavy atom. The maximum Gasteiger partial charge on any atom is 0.353 e. The third-order valence-electron chi connectivity index (χ3n) is 3.89. The van der Waals surface area contributed by atoms with Crippen molar-refractivity contribution in [2.75, 3.05) is 5.32 Å². The van der Waals surface area contributed by atoms with Crippen LogP contribution in [0.4, 0.5) is 32.0 Å². The fraction of sp³-hybridized carbons (Fsp3) is 0.167. The van der Waals surface area contributed by atoms with E-state index in [1.54, 1.807) is 5.32 Å².